The van der Waals surface area contributed by atoms with Crippen molar-refractivity contribution >= 4 is 11.0 Å². The minimum absolute atomic E-state index is 0.767. The van der Waals surface area contributed by atoms with Gasteiger partial charge in [-0.3, -0.25) is 0 Å². The number of para-hydroxylation sites is 1. The first-order valence-corrected chi connectivity index (χ1v) is 6.08. The molecule has 0 amide bonds. The Labute approximate surface area is 106 Å². The van der Waals surface area contributed by atoms with Gasteiger partial charge >= 0.3 is 0 Å². The molecule has 1 heterocycles. The van der Waals surface area contributed by atoms with Crippen molar-refractivity contribution in [2.75, 3.05) is 0 Å². The fourth-order valence-electron chi connectivity index (χ4n) is 2.37. The molecule has 2 aromatic carbocycles. The van der Waals surface area contributed by atoms with Gasteiger partial charge in [0.2, 0.25) is 0 Å². The Kier molecular flexibility index (Phi) is 2.59. The van der Waals surface area contributed by atoms with Gasteiger partial charge in [0.25, 0.3) is 0 Å². The first kappa shape index (κ1) is 11.0. The van der Waals surface area contributed by atoms with Crippen LogP contribution in [0.1, 0.15) is 16.7 Å². The summed E-state index contributed by atoms with van der Waals surface area (Å²) in [6.07, 6.45) is 0. The Balaban J connectivity index is 2.01. The summed E-state index contributed by atoms with van der Waals surface area (Å²) in [6.45, 7) is 5.01. The minimum Gasteiger partial charge on any atom is -0.240 e. The fourth-order valence-corrected chi connectivity index (χ4v) is 2.37. The van der Waals surface area contributed by atoms with Crippen molar-refractivity contribution < 1.29 is 0 Å². The van der Waals surface area contributed by atoms with E-state index in [-0.39, 0.29) is 0 Å². The van der Waals surface area contributed by atoms with Crippen LogP contribution in [0.4, 0.5) is 0 Å². The highest BCUT2D eigenvalue weighted by atomic mass is 15.4. The van der Waals surface area contributed by atoms with Crippen molar-refractivity contribution in [1.29, 1.82) is 0 Å². The standard InChI is InChI=1S/C15H15N3/c1-11-7-12(2)9-13(8-11)10-18-15-6-4-3-5-14(15)16-17-18/h3-9H,10H2,1-2H3. The number of hydrogen-bond acceptors (Lipinski definition) is 2. The van der Waals surface area contributed by atoms with Gasteiger partial charge < -0.3 is 0 Å². The molecule has 3 aromatic rings. The highest BCUT2D eigenvalue weighted by molar-refractivity contribution is 5.73. The molecule has 0 N–H and O–H groups in total. The first-order valence-electron chi connectivity index (χ1n) is 6.08. The predicted molar refractivity (Wildman–Crippen MR) is 72.5 cm³/mol. The van der Waals surface area contributed by atoms with Gasteiger partial charge in [-0.05, 0) is 31.5 Å². The quantitative estimate of drug-likeness (QED) is 0.685. The Morgan fingerprint density at radius 1 is 1.00 bits per heavy atom. The first-order chi connectivity index (χ1) is 8.72. The van der Waals surface area contributed by atoms with E-state index in [0.29, 0.717) is 0 Å². The summed E-state index contributed by atoms with van der Waals surface area (Å²) in [5.74, 6) is 0. The zero-order valence-electron chi connectivity index (χ0n) is 10.6. The number of benzene rings is 2. The van der Waals surface area contributed by atoms with E-state index in [9.17, 15) is 0 Å². The Hall–Kier alpha value is -2.16. The van der Waals surface area contributed by atoms with Crippen LogP contribution in [0.3, 0.4) is 0 Å². The van der Waals surface area contributed by atoms with Crippen molar-refractivity contribution in [2.24, 2.45) is 0 Å². The Morgan fingerprint density at radius 2 is 1.72 bits per heavy atom. The second-order valence-corrected chi connectivity index (χ2v) is 4.73. The Bertz CT molecular complexity index is 678. The van der Waals surface area contributed by atoms with E-state index >= 15 is 0 Å². The van der Waals surface area contributed by atoms with Crippen LogP contribution in [0.25, 0.3) is 11.0 Å². The van der Waals surface area contributed by atoms with Gasteiger partial charge in [0.1, 0.15) is 5.52 Å². The number of nitrogens with zero attached hydrogens (tertiary/aromatic N) is 3. The second-order valence-electron chi connectivity index (χ2n) is 4.73. The normalized spacial score (nSPS) is 11.0. The van der Waals surface area contributed by atoms with Crippen molar-refractivity contribution in [1.82, 2.24) is 15.0 Å². The number of aryl methyl sites for hydroxylation is 2. The van der Waals surface area contributed by atoms with E-state index in [1.807, 2.05) is 22.9 Å². The van der Waals surface area contributed by atoms with E-state index in [4.69, 9.17) is 0 Å². The molecule has 0 bridgehead atoms. The molecule has 1 aromatic heterocycles. The molecule has 0 unspecified atom stereocenters. The van der Waals surface area contributed by atoms with Gasteiger partial charge in [0.15, 0.2) is 0 Å². The maximum atomic E-state index is 4.22. The van der Waals surface area contributed by atoms with E-state index in [2.05, 4.69) is 48.4 Å². The molecule has 0 radical (unpaired) electrons. The molecule has 90 valence electrons. The molecule has 3 rings (SSSR count). The maximum Gasteiger partial charge on any atom is 0.113 e. The molecular weight excluding hydrogens is 222 g/mol. The SMILES string of the molecule is Cc1cc(C)cc(Cn2nnc3ccccc32)c1. The predicted octanol–water partition coefficient (Wildman–Crippen LogP) is 3.10. The summed E-state index contributed by atoms with van der Waals surface area (Å²) < 4.78 is 1.95. The molecule has 3 heteroatoms. The molecule has 0 saturated heterocycles. The zero-order valence-corrected chi connectivity index (χ0v) is 10.6. The zero-order chi connectivity index (χ0) is 12.5. The van der Waals surface area contributed by atoms with Crippen LogP contribution in [0.5, 0.6) is 0 Å². The van der Waals surface area contributed by atoms with Crippen molar-refractivity contribution in [2.45, 2.75) is 20.4 Å². The highest BCUT2D eigenvalue weighted by Crippen LogP contribution is 2.14. The monoisotopic (exact) mass is 237 g/mol. The van der Waals surface area contributed by atoms with Crippen LogP contribution in [0.2, 0.25) is 0 Å². The van der Waals surface area contributed by atoms with Gasteiger partial charge in [0, 0.05) is 0 Å². The number of fused-ring (bicyclic) bond motifs is 1. The minimum atomic E-state index is 0.767. The van der Waals surface area contributed by atoms with E-state index < -0.39 is 0 Å². The smallest absolute Gasteiger partial charge is 0.113 e. The van der Waals surface area contributed by atoms with Crippen LogP contribution in [-0.2, 0) is 6.54 Å². The molecule has 0 aliphatic carbocycles. The van der Waals surface area contributed by atoms with Gasteiger partial charge in [0.05, 0.1) is 12.1 Å². The van der Waals surface area contributed by atoms with Gasteiger partial charge in [-0.1, -0.05) is 46.7 Å². The van der Waals surface area contributed by atoms with Crippen molar-refractivity contribution in [3.63, 3.8) is 0 Å². The summed E-state index contributed by atoms with van der Waals surface area (Å²) in [6, 6.07) is 14.6. The summed E-state index contributed by atoms with van der Waals surface area (Å²) in [4.78, 5) is 0. The maximum absolute atomic E-state index is 4.22. The largest absolute Gasteiger partial charge is 0.240 e. The van der Waals surface area contributed by atoms with Gasteiger partial charge in [-0.15, -0.1) is 5.10 Å². The molecule has 3 nitrogen and oxygen atoms in total. The lowest BCUT2D eigenvalue weighted by Gasteiger charge is -2.05. The molecule has 0 aliphatic rings. The van der Waals surface area contributed by atoms with E-state index in [1.165, 1.54) is 16.7 Å². The molecular formula is C15H15N3. The molecule has 18 heavy (non-hydrogen) atoms. The van der Waals surface area contributed by atoms with Crippen LogP contribution < -0.4 is 0 Å². The van der Waals surface area contributed by atoms with Gasteiger partial charge in [-0.25, -0.2) is 4.68 Å². The number of hydrogen-bond donors (Lipinski definition) is 0. The number of aromatic nitrogens is 3. The lowest BCUT2D eigenvalue weighted by atomic mass is 10.1. The lowest BCUT2D eigenvalue weighted by Crippen LogP contribution is -2.02. The fraction of sp³-hybridized carbons (Fsp3) is 0.200. The van der Waals surface area contributed by atoms with Gasteiger partial charge in [-0.2, -0.15) is 0 Å². The lowest BCUT2D eigenvalue weighted by molar-refractivity contribution is 0.669. The van der Waals surface area contributed by atoms with E-state index in [0.717, 1.165) is 17.6 Å². The van der Waals surface area contributed by atoms with Crippen LogP contribution in [0.15, 0.2) is 42.5 Å². The molecule has 0 spiro atoms. The molecule has 0 atom stereocenters. The average Bonchev–Trinajstić information content (AvgIpc) is 2.72. The van der Waals surface area contributed by atoms with Crippen LogP contribution in [-0.4, -0.2) is 15.0 Å². The highest BCUT2D eigenvalue weighted by Gasteiger charge is 2.04. The second kappa shape index (κ2) is 4.26. The van der Waals surface area contributed by atoms with Crippen molar-refractivity contribution in [3.8, 4) is 0 Å². The third-order valence-corrected chi connectivity index (χ3v) is 3.03. The topological polar surface area (TPSA) is 30.7 Å². The molecule has 0 saturated carbocycles. The van der Waals surface area contributed by atoms with Crippen LogP contribution in [0, 0.1) is 13.8 Å². The summed E-state index contributed by atoms with van der Waals surface area (Å²) in [5, 5.41) is 8.39. The summed E-state index contributed by atoms with van der Waals surface area (Å²) in [7, 11) is 0. The number of rotatable bonds is 2. The Morgan fingerprint density at radius 3 is 2.50 bits per heavy atom. The van der Waals surface area contributed by atoms with Crippen molar-refractivity contribution in [3.05, 3.63) is 59.2 Å². The third kappa shape index (κ3) is 1.99. The third-order valence-electron chi connectivity index (χ3n) is 3.03. The van der Waals surface area contributed by atoms with Crippen LogP contribution >= 0.6 is 0 Å². The summed E-state index contributed by atoms with van der Waals surface area (Å²) >= 11 is 0. The summed E-state index contributed by atoms with van der Waals surface area (Å²) in [5.41, 5.74) is 5.87. The molecule has 0 aliphatic heterocycles. The average molecular weight is 237 g/mol. The molecule has 0 fully saturated rings. The van der Waals surface area contributed by atoms with E-state index in [1.54, 1.807) is 0 Å².